The molecule has 5 heteroatoms. The lowest BCUT2D eigenvalue weighted by Crippen LogP contribution is -1.66. The minimum absolute atomic E-state index is 0.396. The monoisotopic (exact) mass is 121 g/mol. The van der Waals surface area contributed by atoms with E-state index in [-0.39, 0.29) is 0 Å². The van der Waals surface area contributed by atoms with Gasteiger partial charge in [-0.15, -0.1) is 0 Å². The van der Waals surface area contributed by atoms with Gasteiger partial charge in [0, 0.05) is 0 Å². The van der Waals surface area contributed by atoms with Gasteiger partial charge in [0.15, 0.2) is 0 Å². The third-order valence-corrected chi connectivity index (χ3v) is 0.698. The fourth-order valence-electron chi connectivity index (χ4n) is 0.0841. The Morgan fingerprint density at radius 1 is 1.71 bits per heavy atom. The molecule has 40 valence electrons. The van der Waals surface area contributed by atoms with Crippen molar-refractivity contribution in [3.8, 4) is 0 Å². The highest BCUT2D eigenvalue weighted by Gasteiger charge is 2.03. The number of hydrogen-bond donors (Lipinski definition) is 3. The summed E-state index contributed by atoms with van der Waals surface area (Å²) in [4.78, 5) is 15.8. The van der Waals surface area contributed by atoms with Crippen LogP contribution in [0.15, 0.2) is 5.82 Å². The maximum Gasteiger partial charge on any atom is 0.358 e. The second-order valence-electron chi connectivity index (χ2n) is 0.863. The average molecular weight is 121 g/mol. The summed E-state index contributed by atoms with van der Waals surface area (Å²) in [6.07, 6.45) is 0. The lowest BCUT2D eigenvalue weighted by Gasteiger charge is -1.86. The molecule has 0 heterocycles. The molecule has 0 radical (unpaired) electrons. The molecule has 0 amide bonds. The highest BCUT2D eigenvalue weighted by molar-refractivity contribution is 7.55. The average Bonchev–Trinajstić information content (AvgIpc) is 1.30. The van der Waals surface area contributed by atoms with Gasteiger partial charge in [0.2, 0.25) is 0 Å². The molecule has 0 unspecified atom stereocenters. The maximum atomic E-state index is 9.69. The second-order valence-corrected chi connectivity index (χ2v) is 2.30. The standard InChI is InChI=1S/C2H4NO3P/c3-1-2-7(4,5)6/h2-3H,(H2,4,5,6). The van der Waals surface area contributed by atoms with E-state index in [4.69, 9.17) is 15.2 Å². The van der Waals surface area contributed by atoms with Crippen LogP contribution < -0.4 is 0 Å². The van der Waals surface area contributed by atoms with Gasteiger partial charge in [0.1, 0.15) is 0 Å². The van der Waals surface area contributed by atoms with Crippen LogP contribution in [0.2, 0.25) is 0 Å². The Morgan fingerprint density at radius 3 is 2.14 bits per heavy atom. The fourth-order valence-corrected chi connectivity index (χ4v) is 0.252. The quantitative estimate of drug-likeness (QED) is 0.335. The van der Waals surface area contributed by atoms with Crippen LogP contribution in [0.1, 0.15) is 0 Å². The molecule has 0 aliphatic heterocycles. The Balaban J connectivity index is 4.10. The molecule has 0 saturated heterocycles. The van der Waals surface area contributed by atoms with Crippen molar-refractivity contribution >= 4 is 13.5 Å². The molecule has 0 aromatic heterocycles. The molecule has 0 bridgehead atoms. The molecule has 0 spiro atoms. The molecule has 3 N–H and O–H groups in total. The van der Waals surface area contributed by atoms with Crippen molar-refractivity contribution in [2.24, 2.45) is 0 Å². The normalized spacial score (nSPS) is 10.0. The summed E-state index contributed by atoms with van der Waals surface area (Å²) in [6, 6.07) is 0. The zero-order valence-corrected chi connectivity index (χ0v) is 4.22. The highest BCUT2D eigenvalue weighted by Crippen LogP contribution is 2.34. The van der Waals surface area contributed by atoms with E-state index in [1.807, 2.05) is 0 Å². The van der Waals surface area contributed by atoms with Crippen molar-refractivity contribution in [1.82, 2.24) is 0 Å². The second kappa shape index (κ2) is 2.05. The molecule has 7 heavy (non-hydrogen) atoms. The smallest absolute Gasteiger partial charge is 0.321 e. The molecule has 0 aromatic carbocycles. The van der Waals surface area contributed by atoms with E-state index in [0.717, 1.165) is 0 Å². The maximum absolute atomic E-state index is 9.69. The lowest BCUT2D eigenvalue weighted by molar-refractivity contribution is 0.386. The van der Waals surface area contributed by atoms with Gasteiger partial charge >= 0.3 is 7.60 Å². The van der Waals surface area contributed by atoms with E-state index in [9.17, 15) is 4.57 Å². The first-order valence-corrected chi connectivity index (χ1v) is 3.06. The molecule has 4 nitrogen and oxygen atoms in total. The zero-order chi connectivity index (χ0) is 5.91. The Bertz CT molecular complexity index is 141. The van der Waals surface area contributed by atoms with Crippen LogP contribution in [0.3, 0.4) is 0 Å². The number of hydrogen-bond acceptors (Lipinski definition) is 2. The summed E-state index contributed by atoms with van der Waals surface area (Å²) in [5.41, 5.74) is 0. The van der Waals surface area contributed by atoms with Crippen LogP contribution in [0.4, 0.5) is 0 Å². The summed E-state index contributed by atoms with van der Waals surface area (Å²) in [5, 5.41) is 6.06. The van der Waals surface area contributed by atoms with E-state index in [0.29, 0.717) is 5.82 Å². The van der Waals surface area contributed by atoms with Gasteiger partial charge in [0.05, 0.1) is 5.82 Å². The molecule has 0 fully saturated rings. The Labute approximate surface area is 40.2 Å². The third-order valence-electron chi connectivity index (χ3n) is 0.233. The summed E-state index contributed by atoms with van der Waals surface area (Å²) in [6.45, 7) is 0. The molecule has 0 aromatic rings. The van der Waals surface area contributed by atoms with Crippen molar-refractivity contribution in [2.45, 2.75) is 0 Å². The minimum Gasteiger partial charge on any atom is -0.321 e. The van der Waals surface area contributed by atoms with Crippen molar-refractivity contribution in [2.75, 3.05) is 0 Å². The van der Waals surface area contributed by atoms with Crippen LogP contribution in [0.5, 0.6) is 0 Å². The first-order chi connectivity index (χ1) is 3.06. The molecule has 0 aliphatic carbocycles. The molecular weight excluding hydrogens is 117 g/mol. The fraction of sp³-hybridized carbons (Fsp3) is 0. The Morgan fingerprint density at radius 2 is 2.14 bits per heavy atom. The van der Waals surface area contributed by atoms with E-state index >= 15 is 0 Å². The van der Waals surface area contributed by atoms with Gasteiger partial charge in [0.25, 0.3) is 0 Å². The summed E-state index contributed by atoms with van der Waals surface area (Å²) in [5.74, 6) is 1.87. The summed E-state index contributed by atoms with van der Waals surface area (Å²) < 4.78 is 9.69. The van der Waals surface area contributed by atoms with Gasteiger partial charge in [-0.05, 0) is 5.87 Å². The van der Waals surface area contributed by atoms with E-state index < -0.39 is 7.60 Å². The van der Waals surface area contributed by atoms with Crippen molar-refractivity contribution in [1.29, 1.82) is 5.41 Å². The Kier molecular flexibility index (Phi) is 1.93. The predicted octanol–water partition coefficient (Wildman–Crippen LogP) is -0.0737. The number of rotatable bonds is 1. The largest absolute Gasteiger partial charge is 0.358 e. The van der Waals surface area contributed by atoms with Gasteiger partial charge in [-0.2, -0.15) is 0 Å². The van der Waals surface area contributed by atoms with Crippen LogP contribution >= 0.6 is 7.60 Å². The molecule has 0 aliphatic rings. The summed E-state index contributed by atoms with van der Waals surface area (Å²) >= 11 is 0. The molecule has 0 rings (SSSR count). The highest BCUT2D eigenvalue weighted by atomic mass is 31.2. The SMILES string of the molecule is N=C=CP(=O)(O)O. The minimum atomic E-state index is -4.09. The van der Waals surface area contributed by atoms with Crippen LogP contribution in [0, 0.1) is 5.41 Å². The molecule has 0 saturated carbocycles. The topological polar surface area (TPSA) is 81.4 Å². The van der Waals surface area contributed by atoms with Crippen molar-refractivity contribution in [3.63, 3.8) is 0 Å². The zero-order valence-electron chi connectivity index (χ0n) is 3.33. The van der Waals surface area contributed by atoms with E-state index in [2.05, 4.69) is 0 Å². The van der Waals surface area contributed by atoms with E-state index in [1.54, 1.807) is 0 Å². The Hall–Kier alpha value is -0.400. The van der Waals surface area contributed by atoms with Crippen LogP contribution in [-0.2, 0) is 4.57 Å². The first-order valence-electron chi connectivity index (χ1n) is 1.38. The third kappa shape index (κ3) is 5.60. The van der Waals surface area contributed by atoms with E-state index in [1.165, 1.54) is 5.87 Å². The van der Waals surface area contributed by atoms with Gasteiger partial charge < -0.3 is 9.79 Å². The lowest BCUT2D eigenvalue weighted by atomic mass is 11.2. The number of nitrogens with one attached hydrogen (secondary N) is 1. The van der Waals surface area contributed by atoms with Crippen molar-refractivity contribution in [3.05, 3.63) is 5.82 Å². The van der Waals surface area contributed by atoms with Gasteiger partial charge in [-0.25, -0.2) is 0 Å². The first kappa shape index (κ1) is 6.60. The van der Waals surface area contributed by atoms with Crippen molar-refractivity contribution < 1.29 is 14.4 Å². The van der Waals surface area contributed by atoms with Crippen LogP contribution in [-0.4, -0.2) is 15.7 Å². The molecule has 0 atom stereocenters. The molecular formula is C2H4NO3P. The van der Waals surface area contributed by atoms with Crippen LogP contribution in [0.25, 0.3) is 0 Å². The predicted molar refractivity (Wildman–Crippen MR) is 24.3 cm³/mol. The van der Waals surface area contributed by atoms with Gasteiger partial charge in [-0.1, -0.05) is 0 Å². The van der Waals surface area contributed by atoms with Gasteiger partial charge in [-0.3, -0.25) is 9.97 Å². The summed E-state index contributed by atoms with van der Waals surface area (Å²) in [7, 11) is -4.09.